The van der Waals surface area contributed by atoms with Crippen LogP contribution in [0.25, 0.3) is 27.8 Å². The van der Waals surface area contributed by atoms with E-state index < -0.39 is 0 Å². The van der Waals surface area contributed by atoms with Gasteiger partial charge in [-0.05, 0) is 36.1 Å². The van der Waals surface area contributed by atoms with Gasteiger partial charge in [0.05, 0.1) is 5.69 Å². The Bertz CT molecular complexity index is 998. The largest absolute Gasteiger partial charge is 0.305 e. The molecule has 0 spiro atoms. The second-order valence-electron chi connectivity index (χ2n) is 5.56. The van der Waals surface area contributed by atoms with Crippen molar-refractivity contribution in [2.75, 3.05) is 0 Å². The molecule has 4 aromatic rings. The van der Waals surface area contributed by atoms with E-state index in [-0.39, 0.29) is 0 Å². The number of nitrogens with zero attached hydrogens (tertiary/aromatic N) is 3. The summed E-state index contributed by atoms with van der Waals surface area (Å²) in [4.78, 5) is 9.43. The van der Waals surface area contributed by atoms with Crippen molar-refractivity contribution in [2.45, 2.75) is 12.8 Å². The summed E-state index contributed by atoms with van der Waals surface area (Å²) in [5, 5.41) is 1.17. The lowest BCUT2D eigenvalue weighted by Crippen LogP contribution is -2.06. The first-order valence-electron chi connectivity index (χ1n) is 7.24. The third kappa shape index (κ3) is 1.49. The smallest absolute Gasteiger partial charge is 0.163 e. The molecule has 0 saturated heterocycles. The van der Waals surface area contributed by atoms with Gasteiger partial charge in [0.15, 0.2) is 5.65 Å². The highest BCUT2D eigenvalue weighted by Crippen LogP contribution is 2.34. The quantitative estimate of drug-likeness (QED) is 0.488. The molecule has 0 unspecified atom stereocenters. The van der Waals surface area contributed by atoms with Crippen molar-refractivity contribution in [3.05, 3.63) is 66.1 Å². The van der Waals surface area contributed by atoms with E-state index in [9.17, 15) is 0 Å². The van der Waals surface area contributed by atoms with E-state index in [1.807, 2.05) is 16.8 Å². The molecule has 0 radical (unpaired) electrons. The second kappa shape index (κ2) is 3.92. The van der Waals surface area contributed by atoms with Crippen LogP contribution in [0.3, 0.4) is 0 Å². The average Bonchev–Trinajstić information content (AvgIpc) is 3.02. The van der Waals surface area contributed by atoms with Gasteiger partial charge in [0.2, 0.25) is 0 Å². The van der Waals surface area contributed by atoms with Crippen LogP contribution in [0, 0.1) is 0 Å². The lowest BCUT2D eigenvalue weighted by molar-refractivity contribution is 0.932. The van der Waals surface area contributed by atoms with Gasteiger partial charge in [0.1, 0.15) is 5.52 Å². The zero-order valence-electron chi connectivity index (χ0n) is 11.5. The molecule has 100 valence electrons. The summed E-state index contributed by atoms with van der Waals surface area (Å²) < 4.78 is 2.02. The molecule has 0 N–H and O–H groups in total. The number of rotatable bonds is 0. The van der Waals surface area contributed by atoms with Crippen molar-refractivity contribution < 1.29 is 0 Å². The lowest BCUT2D eigenvalue weighted by Gasteiger charge is -2.19. The van der Waals surface area contributed by atoms with Crippen LogP contribution in [0.15, 0.2) is 55.0 Å². The van der Waals surface area contributed by atoms with E-state index in [1.165, 1.54) is 22.1 Å². The van der Waals surface area contributed by atoms with Crippen LogP contribution >= 0.6 is 0 Å². The van der Waals surface area contributed by atoms with Crippen molar-refractivity contribution in [1.82, 2.24) is 14.4 Å². The molecule has 0 atom stereocenters. The minimum atomic E-state index is 0.929. The van der Waals surface area contributed by atoms with Gasteiger partial charge in [-0.15, -0.1) is 0 Å². The molecule has 3 aromatic heterocycles. The molecule has 3 nitrogen and oxygen atoms in total. The minimum absolute atomic E-state index is 0.929. The number of benzene rings is 1. The highest BCUT2D eigenvalue weighted by molar-refractivity contribution is 5.93. The molecule has 0 aliphatic heterocycles. The number of aryl methyl sites for hydroxylation is 2. The molecule has 1 aliphatic carbocycles. The molecule has 1 aliphatic rings. The first-order chi connectivity index (χ1) is 10.4. The van der Waals surface area contributed by atoms with Gasteiger partial charge >= 0.3 is 0 Å². The Kier molecular flexibility index (Phi) is 2.06. The zero-order chi connectivity index (χ0) is 13.8. The fourth-order valence-electron chi connectivity index (χ4n) is 3.32. The first kappa shape index (κ1) is 11.0. The van der Waals surface area contributed by atoms with Crippen molar-refractivity contribution in [2.24, 2.45) is 0 Å². The lowest BCUT2D eigenvalue weighted by atomic mass is 9.88. The fourth-order valence-corrected chi connectivity index (χ4v) is 3.32. The van der Waals surface area contributed by atoms with Crippen LogP contribution in [0.2, 0.25) is 0 Å². The predicted octanol–water partition coefficient (Wildman–Crippen LogP) is 3.65. The number of aromatic nitrogens is 3. The molecular weight excluding hydrogens is 258 g/mol. The van der Waals surface area contributed by atoms with Gasteiger partial charge in [-0.1, -0.05) is 24.3 Å². The van der Waals surface area contributed by atoms with Crippen LogP contribution in [-0.4, -0.2) is 14.4 Å². The van der Waals surface area contributed by atoms with Gasteiger partial charge in [-0.25, -0.2) is 9.97 Å². The van der Waals surface area contributed by atoms with E-state index in [2.05, 4.69) is 47.6 Å². The monoisotopic (exact) mass is 271 g/mol. The summed E-state index contributed by atoms with van der Waals surface area (Å²) in [6.07, 6.45) is 8.00. The maximum atomic E-state index is 4.97. The Hall–Kier alpha value is -2.68. The third-order valence-corrected chi connectivity index (χ3v) is 4.36. The number of imidazole rings is 1. The molecular formula is C18H13N3. The summed E-state index contributed by atoms with van der Waals surface area (Å²) >= 11 is 0. The Morgan fingerprint density at radius 3 is 2.86 bits per heavy atom. The van der Waals surface area contributed by atoms with Gasteiger partial charge in [0, 0.05) is 29.5 Å². The Morgan fingerprint density at radius 2 is 1.86 bits per heavy atom. The van der Waals surface area contributed by atoms with E-state index >= 15 is 0 Å². The van der Waals surface area contributed by atoms with Crippen LogP contribution in [0.1, 0.15) is 11.1 Å². The average molecular weight is 271 g/mol. The number of pyridine rings is 2. The van der Waals surface area contributed by atoms with Crippen molar-refractivity contribution in [1.29, 1.82) is 0 Å². The van der Waals surface area contributed by atoms with Crippen LogP contribution < -0.4 is 0 Å². The second-order valence-corrected chi connectivity index (χ2v) is 5.56. The highest BCUT2D eigenvalue weighted by Gasteiger charge is 2.18. The normalized spacial score (nSPS) is 13.3. The summed E-state index contributed by atoms with van der Waals surface area (Å²) in [5.74, 6) is 0. The molecule has 5 rings (SSSR count). The summed E-state index contributed by atoms with van der Waals surface area (Å²) in [6, 6.07) is 13.0. The summed E-state index contributed by atoms with van der Waals surface area (Å²) in [6.45, 7) is 0. The molecule has 0 amide bonds. The molecule has 3 heterocycles. The van der Waals surface area contributed by atoms with E-state index in [4.69, 9.17) is 4.98 Å². The van der Waals surface area contributed by atoms with Gasteiger partial charge in [-0.2, -0.15) is 0 Å². The molecule has 0 saturated carbocycles. The Morgan fingerprint density at radius 1 is 0.952 bits per heavy atom. The fraction of sp³-hybridized carbons (Fsp3) is 0.111. The van der Waals surface area contributed by atoms with Crippen LogP contribution in [-0.2, 0) is 12.8 Å². The van der Waals surface area contributed by atoms with Gasteiger partial charge < -0.3 is 4.40 Å². The van der Waals surface area contributed by atoms with E-state index in [1.54, 1.807) is 0 Å². The van der Waals surface area contributed by atoms with E-state index in [0.29, 0.717) is 0 Å². The van der Waals surface area contributed by atoms with Crippen LogP contribution in [0.5, 0.6) is 0 Å². The number of hydrogen-bond donors (Lipinski definition) is 0. The zero-order valence-corrected chi connectivity index (χ0v) is 11.5. The Labute approximate surface area is 121 Å². The van der Waals surface area contributed by atoms with E-state index in [0.717, 1.165) is 29.7 Å². The topological polar surface area (TPSA) is 30.2 Å². The van der Waals surface area contributed by atoms with Crippen molar-refractivity contribution >= 4 is 16.6 Å². The van der Waals surface area contributed by atoms with Crippen molar-refractivity contribution in [3.63, 3.8) is 0 Å². The molecule has 0 fully saturated rings. The maximum absolute atomic E-state index is 4.97. The molecule has 3 heteroatoms. The van der Waals surface area contributed by atoms with Crippen LogP contribution in [0.4, 0.5) is 0 Å². The number of hydrogen-bond acceptors (Lipinski definition) is 2. The Balaban J connectivity index is 1.91. The third-order valence-electron chi connectivity index (χ3n) is 4.36. The molecule has 1 aromatic carbocycles. The predicted molar refractivity (Wildman–Crippen MR) is 83.3 cm³/mol. The SMILES string of the molecule is c1ccc2c(c1)CCc1cc3ccn4ccnc4c3nc1-2. The number of fused-ring (bicyclic) bond motifs is 6. The molecule has 21 heavy (non-hydrogen) atoms. The maximum Gasteiger partial charge on any atom is 0.163 e. The van der Waals surface area contributed by atoms with Crippen molar-refractivity contribution in [3.8, 4) is 11.3 Å². The summed E-state index contributed by atoms with van der Waals surface area (Å²) in [5.41, 5.74) is 7.05. The van der Waals surface area contributed by atoms with Gasteiger partial charge in [0.25, 0.3) is 0 Å². The minimum Gasteiger partial charge on any atom is -0.305 e. The standard InChI is InChI=1S/C18H13N3/c1-2-4-15-12(3-1)5-6-13-11-14-7-9-21-10-8-19-18(21)17(14)20-16(13)15/h1-4,7-11H,5-6H2. The first-order valence-corrected chi connectivity index (χ1v) is 7.24. The highest BCUT2D eigenvalue weighted by atomic mass is 15.0. The molecule has 0 bridgehead atoms. The van der Waals surface area contributed by atoms with Gasteiger partial charge in [-0.3, -0.25) is 0 Å². The summed E-state index contributed by atoms with van der Waals surface area (Å²) in [7, 11) is 0.